The zero-order chi connectivity index (χ0) is 15.9. The van der Waals surface area contributed by atoms with Crippen molar-refractivity contribution >= 4 is 10.0 Å². The predicted molar refractivity (Wildman–Crippen MR) is 79.9 cm³/mol. The van der Waals surface area contributed by atoms with Gasteiger partial charge in [0, 0.05) is 13.0 Å². The summed E-state index contributed by atoms with van der Waals surface area (Å²) in [4.78, 5) is 4.65. The lowest BCUT2D eigenvalue weighted by atomic mass is 10.1. The van der Waals surface area contributed by atoms with Crippen LogP contribution in [0.2, 0.25) is 0 Å². The molecule has 0 aromatic carbocycles. The highest BCUT2D eigenvalue weighted by Gasteiger charge is 2.30. The van der Waals surface area contributed by atoms with E-state index >= 15 is 0 Å². The van der Waals surface area contributed by atoms with Crippen LogP contribution < -0.4 is 4.72 Å². The molecule has 1 unspecified atom stereocenters. The molecule has 3 heterocycles. The zero-order valence-electron chi connectivity index (χ0n) is 13.0. The number of nitrogens with one attached hydrogen (secondary N) is 1. The largest absolute Gasteiger partial charge is 0.465 e. The highest BCUT2D eigenvalue weighted by molar-refractivity contribution is 7.89. The van der Waals surface area contributed by atoms with Gasteiger partial charge in [-0.25, -0.2) is 22.8 Å². The number of aryl methyl sites for hydroxylation is 4. The van der Waals surface area contributed by atoms with Crippen molar-refractivity contribution in [2.45, 2.75) is 57.5 Å². The van der Waals surface area contributed by atoms with Crippen LogP contribution in [0.25, 0.3) is 0 Å². The Bertz CT molecular complexity index is 791. The van der Waals surface area contributed by atoms with E-state index in [4.69, 9.17) is 4.42 Å². The average Bonchev–Trinajstić information content (AvgIpc) is 3.02. The summed E-state index contributed by atoms with van der Waals surface area (Å²) in [6.45, 7) is 6.15. The van der Waals surface area contributed by atoms with E-state index in [1.165, 1.54) is 0 Å². The van der Waals surface area contributed by atoms with Gasteiger partial charge in [-0.05, 0) is 32.8 Å². The molecule has 120 valence electrons. The summed E-state index contributed by atoms with van der Waals surface area (Å²) in [6, 6.07) is 1.20. The van der Waals surface area contributed by atoms with Crippen molar-refractivity contribution in [3.8, 4) is 0 Å². The second-order valence-corrected chi connectivity index (χ2v) is 7.24. The highest BCUT2D eigenvalue weighted by Crippen LogP contribution is 2.27. The molecule has 22 heavy (non-hydrogen) atoms. The lowest BCUT2D eigenvalue weighted by molar-refractivity contribution is 0.399. The summed E-state index contributed by atoms with van der Waals surface area (Å²) < 4.78 is 35.1. The van der Waals surface area contributed by atoms with Crippen LogP contribution in [0.5, 0.6) is 0 Å². The molecular weight excluding hydrogens is 304 g/mol. The van der Waals surface area contributed by atoms with E-state index in [-0.39, 0.29) is 10.9 Å². The summed E-state index contributed by atoms with van der Waals surface area (Å²) in [5.41, 5.74) is 0. The molecule has 3 rings (SSSR count). The lowest BCUT2D eigenvalue weighted by Crippen LogP contribution is -2.33. The maximum Gasteiger partial charge on any atom is 0.244 e. The fraction of sp³-hybridized carbons (Fsp3) is 0.571. The van der Waals surface area contributed by atoms with Crippen LogP contribution >= 0.6 is 0 Å². The molecule has 2 aromatic heterocycles. The first-order chi connectivity index (χ1) is 10.4. The zero-order valence-corrected chi connectivity index (χ0v) is 13.8. The first-order valence-corrected chi connectivity index (χ1v) is 8.92. The van der Waals surface area contributed by atoms with Crippen molar-refractivity contribution in [2.24, 2.45) is 0 Å². The van der Waals surface area contributed by atoms with Gasteiger partial charge in [-0.1, -0.05) is 6.92 Å². The first kappa shape index (κ1) is 15.2. The van der Waals surface area contributed by atoms with E-state index in [0.717, 1.165) is 31.6 Å². The van der Waals surface area contributed by atoms with Crippen molar-refractivity contribution in [3.05, 3.63) is 29.2 Å². The number of fused-ring (bicyclic) bond motifs is 1. The molecule has 7 nitrogen and oxygen atoms in total. The van der Waals surface area contributed by atoms with E-state index in [9.17, 15) is 8.42 Å². The minimum atomic E-state index is -3.63. The maximum absolute atomic E-state index is 12.6. The number of furan rings is 1. The van der Waals surface area contributed by atoms with E-state index < -0.39 is 10.0 Å². The normalized spacial score (nSPS) is 18.4. The van der Waals surface area contributed by atoms with Crippen LogP contribution in [0.1, 0.15) is 49.0 Å². The van der Waals surface area contributed by atoms with Gasteiger partial charge in [0.15, 0.2) is 5.82 Å². The summed E-state index contributed by atoms with van der Waals surface area (Å²) in [5, 5.41) is 4.40. The third-order valence-electron chi connectivity index (χ3n) is 3.82. The molecule has 8 heteroatoms. The molecule has 1 aliphatic heterocycles. The van der Waals surface area contributed by atoms with E-state index in [2.05, 4.69) is 14.8 Å². The molecule has 0 spiro atoms. The fourth-order valence-corrected chi connectivity index (χ4v) is 4.25. The van der Waals surface area contributed by atoms with Gasteiger partial charge < -0.3 is 4.42 Å². The Morgan fingerprint density at radius 3 is 2.86 bits per heavy atom. The Balaban J connectivity index is 1.91. The van der Waals surface area contributed by atoms with Crippen LogP contribution in [0.15, 0.2) is 15.4 Å². The van der Waals surface area contributed by atoms with E-state index in [1.54, 1.807) is 19.9 Å². The van der Waals surface area contributed by atoms with Gasteiger partial charge in [-0.15, -0.1) is 0 Å². The minimum absolute atomic E-state index is 0.192. The maximum atomic E-state index is 12.6. The number of nitrogens with zero attached hydrogens (tertiary/aromatic N) is 3. The summed E-state index contributed by atoms with van der Waals surface area (Å²) in [5.74, 6) is 2.43. The molecule has 1 atom stereocenters. The number of sulfonamides is 1. The molecule has 0 saturated heterocycles. The second-order valence-electron chi connectivity index (χ2n) is 5.56. The summed E-state index contributed by atoms with van der Waals surface area (Å²) in [6.07, 6.45) is 2.33. The average molecular weight is 324 g/mol. The predicted octanol–water partition coefficient (Wildman–Crippen LogP) is 1.86. The van der Waals surface area contributed by atoms with Gasteiger partial charge in [-0.3, -0.25) is 0 Å². The molecular formula is C14H20N4O3S. The molecule has 0 saturated carbocycles. The Hall–Kier alpha value is -1.67. The number of rotatable bonds is 4. The smallest absolute Gasteiger partial charge is 0.244 e. The van der Waals surface area contributed by atoms with Crippen molar-refractivity contribution < 1.29 is 12.8 Å². The molecule has 0 fully saturated rings. The monoisotopic (exact) mass is 324 g/mol. The van der Waals surface area contributed by atoms with Gasteiger partial charge in [0.1, 0.15) is 22.2 Å². The van der Waals surface area contributed by atoms with Crippen LogP contribution in [0.4, 0.5) is 0 Å². The van der Waals surface area contributed by atoms with Crippen molar-refractivity contribution in [1.82, 2.24) is 19.5 Å². The van der Waals surface area contributed by atoms with Crippen LogP contribution in [-0.4, -0.2) is 23.2 Å². The second kappa shape index (κ2) is 5.51. The minimum Gasteiger partial charge on any atom is -0.465 e. The van der Waals surface area contributed by atoms with Crippen molar-refractivity contribution in [3.63, 3.8) is 0 Å². The van der Waals surface area contributed by atoms with Crippen molar-refractivity contribution in [2.75, 3.05) is 0 Å². The van der Waals surface area contributed by atoms with Crippen LogP contribution in [0, 0.1) is 13.8 Å². The standard InChI is InChI=1S/C14H20N4O3S/c1-4-13-15-14-11(6-5-7-18(14)16-13)17-22(19,20)12-8-9(2)21-10(12)3/h8,11,17H,4-7H2,1-3H3. The van der Waals surface area contributed by atoms with Crippen LogP contribution in [0.3, 0.4) is 0 Å². The number of hydrogen-bond acceptors (Lipinski definition) is 5. The highest BCUT2D eigenvalue weighted by atomic mass is 32.2. The Morgan fingerprint density at radius 2 is 2.23 bits per heavy atom. The SMILES string of the molecule is CCc1nc2n(n1)CCCC2NS(=O)(=O)c1cc(C)oc1C. The molecule has 0 amide bonds. The lowest BCUT2D eigenvalue weighted by Gasteiger charge is -2.22. The quantitative estimate of drug-likeness (QED) is 0.927. The topological polar surface area (TPSA) is 90.0 Å². The van der Waals surface area contributed by atoms with Crippen LogP contribution in [-0.2, 0) is 23.0 Å². The van der Waals surface area contributed by atoms with E-state index in [0.29, 0.717) is 17.3 Å². The Labute approximate surface area is 129 Å². The number of aromatic nitrogens is 3. The van der Waals surface area contributed by atoms with Gasteiger partial charge in [0.25, 0.3) is 0 Å². The Kier molecular flexibility index (Phi) is 3.82. The molecule has 0 aliphatic carbocycles. The molecule has 1 aliphatic rings. The molecule has 2 aromatic rings. The molecule has 0 bridgehead atoms. The van der Waals surface area contributed by atoms with Gasteiger partial charge >= 0.3 is 0 Å². The number of hydrogen-bond donors (Lipinski definition) is 1. The fourth-order valence-electron chi connectivity index (χ4n) is 2.79. The van der Waals surface area contributed by atoms with Gasteiger partial charge in [0.05, 0.1) is 6.04 Å². The van der Waals surface area contributed by atoms with Gasteiger partial charge in [0.2, 0.25) is 10.0 Å². The van der Waals surface area contributed by atoms with E-state index in [1.807, 2.05) is 11.6 Å². The first-order valence-electron chi connectivity index (χ1n) is 7.43. The third-order valence-corrected chi connectivity index (χ3v) is 5.40. The Morgan fingerprint density at radius 1 is 1.45 bits per heavy atom. The summed E-state index contributed by atoms with van der Waals surface area (Å²) >= 11 is 0. The van der Waals surface area contributed by atoms with Gasteiger partial charge in [-0.2, -0.15) is 5.10 Å². The third kappa shape index (κ3) is 2.68. The van der Waals surface area contributed by atoms with Crippen molar-refractivity contribution in [1.29, 1.82) is 0 Å². The molecule has 0 radical (unpaired) electrons. The molecule has 1 N–H and O–H groups in total. The summed E-state index contributed by atoms with van der Waals surface area (Å²) in [7, 11) is -3.63.